The Morgan fingerprint density at radius 3 is 3.00 bits per heavy atom. The molecule has 3 nitrogen and oxygen atoms in total. The lowest BCUT2D eigenvalue weighted by atomic mass is 10.2. The molecule has 0 bridgehead atoms. The highest BCUT2D eigenvalue weighted by Crippen LogP contribution is 2.23. The second-order valence-electron chi connectivity index (χ2n) is 5.49. The number of rotatable bonds is 5. The van der Waals surface area contributed by atoms with Crippen molar-refractivity contribution in [2.75, 3.05) is 6.54 Å². The van der Waals surface area contributed by atoms with Crippen LogP contribution in [-0.4, -0.2) is 23.5 Å². The molecule has 0 spiro atoms. The van der Waals surface area contributed by atoms with Crippen molar-refractivity contribution in [3.63, 3.8) is 0 Å². The summed E-state index contributed by atoms with van der Waals surface area (Å²) in [7, 11) is 0. The predicted molar refractivity (Wildman–Crippen MR) is 67.7 cm³/mol. The van der Waals surface area contributed by atoms with E-state index in [1.165, 1.54) is 37.8 Å². The third kappa shape index (κ3) is 2.72. The molecule has 0 radical (unpaired) electrons. The Morgan fingerprint density at radius 1 is 1.41 bits per heavy atom. The molecule has 1 saturated carbocycles. The van der Waals surface area contributed by atoms with Crippen LogP contribution in [0.3, 0.4) is 0 Å². The number of likely N-dealkylation sites (tertiary alicyclic amines) is 1. The smallest absolute Gasteiger partial charge is 0.122 e. The molecule has 94 valence electrons. The van der Waals surface area contributed by atoms with Gasteiger partial charge in [-0.1, -0.05) is 0 Å². The minimum Gasteiger partial charge on any atom is -0.468 e. The first-order chi connectivity index (χ1) is 8.33. The Bertz CT molecular complexity index is 370. The van der Waals surface area contributed by atoms with Crippen molar-refractivity contribution >= 4 is 0 Å². The van der Waals surface area contributed by atoms with Crippen LogP contribution in [0.15, 0.2) is 16.7 Å². The van der Waals surface area contributed by atoms with E-state index in [-0.39, 0.29) is 0 Å². The molecule has 17 heavy (non-hydrogen) atoms. The van der Waals surface area contributed by atoms with Crippen molar-refractivity contribution in [2.24, 2.45) is 0 Å². The monoisotopic (exact) mass is 234 g/mol. The summed E-state index contributed by atoms with van der Waals surface area (Å²) >= 11 is 0. The summed E-state index contributed by atoms with van der Waals surface area (Å²) in [4.78, 5) is 2.53. The van der Waals surface area contributed by atoms with Crippen LogP contribution >= 0.6 is 0 Å². The van der Waals surface area contributed by atoms with Gasteiger partial charge in [0.25, 0.3) is 0 Å². The molecule has 3 heteroatoms. The van der Waals surface area contributed by atoms with Crippen molar-refractivity contribution in [1.29, 1.82) is 0 Å². The highest BCUT2D eigenvalue weighted by atomic mass is 16.3. The Labute approximate surface area is 103 Å². The highest BCUT2D eigenvalue weighted by molar-refractivity contribution is 5.17. The quantitative estimate of drug-likeness (QED) is 0.848. The minimum atomic E-state index is 0.712. The molecular weight excluding hydrogens is 212 g/mol. The second kappa shape index (κ2) is 4.83. The molecule has 0 aromatic carbocycles. The van der Waals surface area contributed by atoms with Gasteiger partial charge in [-0.2, -0.15) is 0 Å². The van der Waals surface area contributed by atoms with Crippen LogP contribution < -0.4 is 5.32 Å². The van der Waals surface area contributed by atoms with Crippen molar-refractivity contribution in [3.8, 4) is 0 Å². The van der Waals surface area contributed by atoms with Crippen molar-refractivity contribution < 1.29 is 4.42 Å². The van der Waals surface area contributed by atoms with Crippen molar-refractivity contribution in [2.45, 2.75) is 57.8 Å². The van der Waals surface area contributed by atoms with Gasteiger partial charge in [0.1, 0.15) is 5.76 Å². The summed E-state index contributed by atoms with van der Waals surface area (Å²) in [5.74, 6) is 1.16. The van der Waals surface area contributed by atoms with Gasteiger partial charge in [0.2, 0.25) is 0 Å². The molecule has 0 amide bonds. The lowest BCUT2D eigenvalue weighted by Crippen LogP contribution is -2.27. The van der Waals surface area contributed by atoms with Crippen molar-refractivity contribution in [3.05, 3.63) is 23.7 Å². The van der Waals surface area contributed by atoms with Crippen LogP contribution in [0, 0.1) is 0 Å². The van der Waals surface area contributed by atoms with E-state index in [9.17, 15) is 0 Å². The SMILES string of the molecule is CC1CCCN1Cc1occc1CNC1CC1. The van der Waals surface area contributed by atoms with Gasteiger partial charge >= 0.3 is 0 Å². The largest absolute Gasteiger partial charge is 0.468 e. The highest BCUT2D eigenvalue weighted by Gasteiger charge is 2.24. The molecule has 2 heterocycles. The third-order valence-corrected chi connectivity index (χ3v) is 4.03. The summed E-state index contributed by atoms with van der Waals surface area (Å²) in [6.45, 7) is 5.49. The predicted octanol–water partition coefficient (Wildman–Crippen LogP) is 2.52. The average molecular weight is 234 g/mol. The lowest BCUT2D eigenvalue weighted by molar-refractivity contribution is 0.237. The van der Waals surface area contributed by atoms with E-state index in [1.54, 1.807) is 0 Å². The molecule has 3 rings (SSSR count). The normalized spacial score (nSPS) is 25.6. The number of hydrogen-bond acceptors (Lipinski definition) is 3. The van der Waals surface area contributed by atoms with Crippen LogP contribution in [0.1, 0.15) is 43.9 Å². The Morgan fingerprint density at radius 2 is 2.29 bits per heavy atom. The zero-order valence-corrected chi connectivity index (χ0v) is 10.6. The van der Waals surface area contributed by atoms with Gasteiger partial charge in [0.05, 0.1) is 12.8 Å². The maximum atomic E-state index is 5.65. The zero-order chi connectivity index (χ0) is 11.7. The first kappa shape index (κ1) is 11.3. The van der Waals surface area contributed by atoms with E-state index >= 15 is 0 Å². The number of nitrogens with one attached hydrogen (secondary N) is 1. The maximum Gasteiger partial charge on any atom is 0.122 e. The third-order valence-electron chi connectivity index (χ3n) is 4.03. The molecular formula is C14H22N2O. The lowest BCUT2D eigenvalue weighted by Gasteiger charge is -2.20. The van der Waals surface area contributed by atoms with Gasteiger partial charge in [-0.25, -0.2) is 0 Å². The van der Waals surface area contributed by atoms with Gasteiger partial charge in [0, 0.05) is 24.2 Å². The van der Waals surface area contributed by atoms with Crippen LogP contribution in [-0.2, 0) is 13.1 Å². The fourth-order valence-electron chi connectivity index (χ4n) is 2.62. The molecule has 2 aliphatic rings. The summed E-state index contributed by atoms with van der Waals surface area (Å²) in [5, 5.41) is 3.56. The van der Waals surface area contributed by atoms with Gasteiger partial charge in [0.15, 0.2) is 0 Å². The van der Waals surface area contributed by atoms with Crippen LogP contribution in [0.5, 0.6) is 0 Å². The van der Waals surface area contributed by atoms with E-state index in [2.05, 4.69) is 23.2 Å². The Kier molecular flexibility index (Phi) is 3.21. The number of nitrogens with zero attached hydrogens (tertiary/aromatic N) is 1. The molecule has 1 atom stereocenters. The summed E-state index contributed by atoms with van der Waals surface area (Å²) in [5.41, 5.74) is 1.34. The van der Waals surface area contributed by atoms with Gasteiger partial charge < -0.3 is 9.73 Å². The molecule has 1 saturated heterocycles. The molecule has 1 aromatic heterocycles. The van der Waals surface area contributed by atoms with E-state index in [1.807, 2.05) is 6.26 Å². The Balaban J connectivity index is 1.59. The molecule has 1 N–H and O–H groups in total. The number of furan rings is 1. The molecule has 1 aromatic rings. The molecule has 2 fully saturated rings. The second-order valence-corrected chi connectivity index (χ2v) is 5.49. The summed E-state index contributed by atoms with van der Waals surface area (Å²) < 4.78 is 5.65. The van der Waals surface area contributed by atoms with E-state index in [4.69, 9.17) is 4.42 Å². The summed E-state index contributed by atoms with van der Waals surface area (Å²) in [6.07, 6.45) is 7.18. The zero-order valence-electron chi connectivity index (χ0n) is 10.6. The average Bonchev–Trinajstić information content (AvgIpc) is 2.92. The maximum absolute atomic E-state index is 5.65. The molecule has 1 aliphatic carbocycles. The Hall–Kier alpha value is -0.800. The van der Waals surface area contributed by atoms with E-state index < -0.39 is 0 Å². The molecule has 1 aliphatic heterocycles. The van der Waals surface area contributed by atoms with E-state index in [0.29, 0.717) is 6.04 Å². The topological polar surface area (TPSA) is 28.4 Å². The summed E-state index contributed by atoms with van der Waals surface area (Å²) in [6, 6.07) is 3.60. The number of hydrogen-bond donors (Lipinski definition) is 1. The standard InChI is InChI=1S/C14H22N2O/c1-11-3-2-7-16(11)10-14-12(6-8-17-14)9-15-13-4-5-13/h6,8,11,13,15H,2-5,7,9-10H2,1H3. The molecule has 1 unspecified atom stereocenters. The van der Waals surface area contributed by atoms with Crippen LogP contribution in [0.4, 0.5) is 0 Å². The first-order valence-electron chi connectivity index (χ1n) is 6.85. The van der Waals surface area contributed by atoms with Gasteiger partial charge in [-0.05, 0) is 45.2 Å². The van der Waals surface area contributed by atoms with Crippen molar-refractivity contribution in [1.82, 2.24) is 10.2 Å². The van der Waals surface area contributed by atoms with Gasteiger partial charge in [-0.3, -0.25) is 4.90 Å². The van der Waals surface area contributed by atoms with E-state index in [0.717, 1.165) is 24.9 Å². The van der Waals surface area contributed by atoms with Crippen LogP contribution in [0.25, 0.3) is 0 Å². The minimum absolute atomic E-state index is 0.712. The fourth-order valence-corrected chi connectivity index (χ4v) is 2.62. The first-order valence-corrected chi connectivity index (χ1v) is 6.85. The fraction of sp³-hybridized carbons (Fsp3) is 0.714. The van der Waals surface area contributed by atoms with Crippen LogP contribution in [0.2, 0.25) is 0 Å². The van der Waals surface area contributed by atoms with Gasteiger partial charge in [-0.15, -0.1) is 0 Å².